The number of hydrogen-bond donors (Lipinski definition) is 0. The smallest absolute Gasteiger partial charge is 0.0179 e. The van der Waals surface area contributed by atoms with Crippen molar-refractivity contribution in [2.24, 2.45) is 0 Å². The molecule has 1 unspecified atom stereocenters. The van der Waals surface area contributed by atoms with Crippen molar-refractivity contribution in [2.75, 3.05) is 0 Å². The minimum Gasteiger partial charge on any atom is -0.0978 e. The molecule has 0 radical (unpaired) electrons. The molecule has 0 aliphatic rings. The topological polar surface area (TPSA) is 0 Å². The zero-order chi connectivity index (χ0) is 17.5. The molecule has 0 aliphatic carbocycles. The van der Waals surface area contributed by atoms with Crippen LogP contribution in [0.1, 0.15) is 59.9 Å². The Balaban J connectivity index is 1.82. The van der Waals surface area contributed by atoms with Crippen LogP contribution in [0.15, 0.2) is 52.8 Å². The maximum absolute atomic E-state index is 2.33. The van der Waals surface area contributed by atoms with Crippen LogP contribution in [0.4, 0.5) is 0 Å². The highest BCUT2D eigenvalue weighted by atomic mass is 32.2. The Morgan fingerprint density at radius 1 is 0.958 bits per heavy atom. The third kappa shape index (κ3) is 5.01. The van der Waals surface area contributed by atoms with Crippen molar-refractivity contribution in [1.29, 1.82) is 0 Å². The maximum atomic E-state index is 2.33. The predicted octanol–water partition coefficient (Wildman–Crippen LogP) is 7.50. The van der Waals surface area contributed by atoms with Crippen molar-refractivity contribution < 1.29 is 0 Å². The quantitative estimate of drug-likeness (QED) is 0.372. The van der Waals surface area contributed by atoms with Gasteiger partial charge >= 0.3 is 0 Å². The summed E-state index contributed by atoms with van der Waals surface area (Å²) in [5.41, 5.74) is 7.09. The number of allylic oxidation sites excluding steroid dienone is 1. The van der Waals surface area contributed by atoms with E-state index in [9.17, 15) is 0 Å². The number of unbranched alkanes of at least 4 members (excludes halogenated alkanes) is 1. The molecule has 2 aromatic rings. The van der Waals surface area contributed by atoms with Gasteiger partial charge in [-0.15, -0.1) is 0 Å². The average molecular weight is 339 g/mol. The van der Waals surface area contributed by atoms with Gasteiger partial charge in [0.1, 0.15) is 0 Å². The summed E-state index contributed by atoms with van der Waals surface area (Å²) in [7, 11) is 0. The third-order valence-corrected chi connectivity index (χ3v) is 6.13. The van der Waals surface area contributed by atoms with Gasteiger partial charge in [0.15, 0.2) is 0 Å². The second-order valence-electron chi connectivity index (χ2n) is 6.82. The molecular weight excluding hydrogens is 308 g/mol. The molecule has 1 heteroatoms. The lowest BCUT2D eigenvalue weighted by Crippen LogP contribution is -1.93. The molecule has 0 heterocycles. The van der Waals surface area contributed by atoms with Crippen LogP contribution in [0, 0.1) is 27.7 Å². The molecule has 0 saturated carbocycles. The van der Waals surface area contributed by atoms with E-state index in [4.69, 9.17) is 0 Å². The Hall–Kier alpha value is -1.47. The van der Waals surface area contributed by atoms with Crippen LogP contribution in [0.25, 0.3) is 0 Å². The molecule has 0 aromatic heterocycles. The van der Waals surface area contributed by atoms with Crippen molar-refractivity contribution >= 4 is 11.8 Å². The van der Waals surface area contributed by atoms with E-state index in [1.165, 1.54) is 45.6 Å². The summed E-state index contributed by atoms with van der Waals surface area (Å²) >= 11 is 1.88. The van der Waals surface area contributed by atoms with E-state index < -0.39 is 0 Å². The summed E-state index contributed by atoms with van der Waals surface area (Å²) in [6.07, 6.45) is 5.99. The van der Waals surface area contributed by atoms with Crippen molar-refractivity contribution in [3.63, 3.8) is 0 Å². The first-order valence-electron chi connectivity index (χ1n) is 8.94. The second-order valence-corrected chi connectivity index (χ2v) is 7.74. The van der Waals surface area contributed by atoms with Gasteiger partial charge in [0.05, 0.1) is 0 Å². The second kappa shape index (κ2) is 9.13. The lowest BCUT2D eigenvalue weighted by atomic mass is 9.96. The van der Waals surface area contributed by atoms with Crippen LogP contribution in [-0.2, 0) is 0 Å². The zero-order valence-corrected chi connectivity index (χ0v) is 16.5. The van der Waals surface area contributed by atoms with E-state index in [1.54, 1.807) is 0 Å². The molecule has 24 heavy (non-hydrogen) atoms. The van der Waals surface area contributed by atoms with Crippen LogP contribution in [0.5, 0.6) is 0 Å². The Morgan fingerprint density at radius 3 is 2.21 bits per heavy atom. The fraction of sp³-hybridized carbons (Fsp3) is 0.391. The van der Waals surface area contributed by atoms with Gasteiger partial charge in [0.2, 0.25) is 0 Å². The number of aryl methyl sites for hydroxylation is 2. The van der Waals surface area contributed by atoms with Crippen molar-refractivity contribution in [2.45, 2.75) is 64.7 Å². The van der Waals surface area contributed by atoms with Crippen LogP contribution in [0.2, 0.25) is 0 Å². The van der Waals surface area contributed by atoms with Crippen LogP contribution < -0.4 is 0 Å². The molecule has 0 aliphatic heterocycles. The first kappa shape index (κ1) is 18.9. The largest absolute Gasteiger partial charge is 0.0978 e. The lowest BCUT2D eigenvalue weighted by molar-refractivity contribution is 0.640. The van der Waals surface area contributed by atoms with Crippen molar-refractivity contribution in [1.82, 2.24) is 0 Å². The molecule has 128 valence electrons. The van der Waals surface area contributed by atoms with E-state index in [0.717, 1.165) is 6.42 Å². The highest BCUT2D eigenvalue weighted by Crippen LogP contribution is 2.31. The molecule has 0 fully saturated rings. The summed E-state index contributed by atoms with van der Waals surface area (Å²) in [4.78, 5) is 1.43. The van der Waals surface area contributed by atoms with Crippen LogP contribution in [0.3, 0.4) is 0 Å². The highest BCUT2D eigenvalue weighted by molar-refractivity contribution is 8.02. The maximum Gasteiger partial charge on any atom is 0.0179 e. The van der Waals surface area contributed by atoms with E-state index >= 15 is 0 Å². The Kier molecular flexibility index (Phi) is 7.17. The fourth-order valence-corrected chi connectivity index (χ4v) is 4.08. The molecule has 0 nitrogen and oxygen atoms in total. The van der Waals surface area contributed by atoms with Gasteiger partial charge in [-0.2, -0.15) is 0 Å². The fourth-order valence-electron chi connectivity index (χ4n) is 3.03. The molecule has 1 atom stereocenters. The van der Waals surface area contributed by atoms with E-state index in [-0.39, 0.29) is 0 Å². The Labute approximate surface area is 152 Å². The summed E-state index contributed by atoms with van der Waals surface area (Å²) in [6.45, 7) is 11.2. The van der Waals surface area contributed by atoms with Gasteiger partial charge in [0, 0.05) is 4.90 Å². The molecule has 0 amide bonds. The minimum atomic E-state index is 0.649. The summed E-state index contributed by atoms with van der Waals surface area (Å²) in [5, 5.41) is 2.28. The lowest BCUT2D eigenvalue weighted by Gasteiger charge is -2.13. The molecule has 0 bridgehead atoms. The minimum absolute atomic E-state index is 0.649. The number of hydrogen-bond acceptors (Lipinski definition) is 1. The third-order valence-electron chi connectivity index (χ3n) is 4.96. The Bertz CT molecular complexity index is 657. The average Bonchev–Trinajstić information content (AvgIpc) is 2.59. The van der Waals surface area contributed by atoms with Gasteiger partial charge in [-0.25, -0.2) is 0 Å². The summed E-state index contributed by atoms with van der Waals surface area (Å²) in [5.74, 6) is 0.649. The first-order chi connectivity index (χ1) is 11.5. The van der Waals surface area contributed by atoms with Gasteiger partial charge in [0.25, 0.3) is 0 Å². The Morgan fingerprint density at radius 2 is 1.58 bits per heavy atom. The SMILES string of the molecule is Cc1cc(C)c(C)c(S/C=C/CCCC(C)c2ccccc2)c1C. The monoisotopic (exact) mass is 338 g/mol. The molecule has 2 rings (SSSR count). The van der Waals surface area contributed by atoms with E-state index in [1.807, 2.05) is 11.8 Å². The van der Waals surface area contributed by atoms with Crippen LogP contribution >= 0.6 is 11.8 Å². The first-order valence-corrected chi connectivity index (χ1v) is 9.82. The van der Waals surface area contributed by atoms with Gasteiger partial charge in [-0.05, 0) is 86.1 Å². The summed E-state index contributed by atoms with van der Waals surface area (Å²) in [6, 6.07) is 13.1. The van der Waals surface area contributed by atoms with Gasteiger partial charge in [-0.1, -0.05) is 61.2 Å². The number of benzene rings is 2. The molecule has 0 N–H and O–H groups in total. The van der Waals surface area contributed by atoms with Crippen molar-refractivity contribution in [3.8, 4) is 0 Å². The molecule has 0 saturated heterocycles. The predicted molar refractivity (Wildman–Crippen MR) is 109 cm³/mol. The number of rotatable bonds is 7. The molecule has 2 aromatic carbocycles. The standard InChI is InChI=1S/C23H30S/c1-17(22-13-9-6-10-14-22)12-8-7-11-15-24-23-20(4)18(2)16-19(3)21(23)5/h6,9-11,13-17H,7-8,12H2,1-5H3/b15-11+. The zero-order valence-electron chi connectivity index (χ0n) is 15.7. The van der Waals surface area contributed by atoms with Crippen molar-refractivity contribution in [3.05, 3.63) is 75.7 Å². The molecule has 0 spiro atoms. The highest BCUT2D eigenvalue weighted by Gasteiger charge is 2.07. The molecular formula is C23H30S. The van der Waals surface area contributed by atoms with Crippen LogP contribution in [-0.4, -0.2) is 0 Å². The van der Waals surface area contributed by atoms with E-state index in [2.05, 4.69) is 82.5 Å². The summed E-state index contributed by atoms with van der Waals surface area (Å²) < 4.78 is 0. The number of thioether (sulfide) groups is 1. The van der Waals surface area contributed by atoms with E-state index in [0.29, 0.717) is 5.92 Å². The normalized spacial score (nSPS) is 12.7. The van der Waals surface area contributed by atoms with Gasteiger partial charge in [-0.3, -0.25) is 0 Å². The van der Waals surface area contributed by atoms with Gasteiger partial charge < -0.3 is 0 Å².